The summed E-state index contributed by atoms with van der Waals surface area (Å²) in [6.45, 7) is 4.25. The normalized spacial score (nSPS) is 21.2. The highest BCUT2D eigenvalue weighted by Crippen LogP contribution is 2.42. The van der Waals surface area contributed by atoms with Gasteiger partial charge < -0.3 is 19.5 Å². The van der Waals surface area contributed by atoms with E-state index in [9.17, 15) is 9.59 Å². The summed E-state index contributed by atoms with van der Waals surface area (Å²) in [7, 11) is 1.65. The minimum atomic E-state index is -0.293. The van der Waals surface area contributed by atoms with Crippen LogP contribution in [0.25, 0.3) is 11.0 Å². The molecule has 2 amide bonds. The lowest BCUT2D eigenvalue weighted by molar-refractivity contribution is -0.148. The summed E-state index contributed by atoms with van der Waals surface area (Å²) < 4.78 is 5.68. The number of likely N-dealkylation sites (tertiary alicyclic amines) is 2. The van der Waals surface area contributed by atoms with Gasteiger partial charge in [0.1, 0.15) is 11.4 Å². The van der Waals surface area contributed by atoms with E-state index < -0.39 is 0 Å². The van der Waals surface area contributed by atoms with Crippen LogP contribution in [-0.2, 0) is 9.59 Å². The lowest BCUT2D eigenvalue weighted by Gasteiger charge is -2.44. The molecule has 2 aromatic heterocycles. The number of amides is 2. The van der Waals surface area contributed by atoms with E-state index in [1.165, 1.54) is 10.9 Å². The van der Waals surface area contributed by atoms with E-state index in [-0.39, 0.29) is 23.8 Å². The first-order chi connectivity index (χ1) is 17.6. The molecule has 0 saturated carbocycles. The van der Waals surface area contributed by atoms with Crippen molar-refractivity contribution in [1.82, 2.24) is 19.8 Å². The number of carbonyl (C=O) groups excluding carboxylic acids is 2. The van der Waals surface area contributed by atoms with Crippen LogP contribution in [0.2, 0.25) is 0 Å². The van der Waals surface area contributed by atoms with Gasteiger partial charge in [0.2, 0.25) is 11.8 Å². The molecule has 7 heteroatoms. The number of piperidine rings is 2. The summed E-state index contributed by atoms with van der Waals surface area (Å²) in [5.74, 6) is 1.19. The van der Waals surface area contributed by atoms with Gasteiger partial charge in [0.15, 0.2) is 0 Å². The summed E-state index contributed by atoms with van der Waals surface area (Å²) in [6, 6.07) is 11.6. The van der Waals surface area contributed by atoms with Gasteiger partial charge in [-0.3, -0.25) is 9.59 Å². The van der Waals surface area contributed by atoms with Crippen LogP contribution in [0.15, 0.2) is 48.8 Å². The zero-order chi connectivity index (χ0) is 25.1. The number of methoxy groups -OCH3 is 1. The molecule has 2 atom stereocenters. The number of fused-ring (bicyclic) bond motifs is 1. The molecule has 7 nitrogen and oxygen atoms in total. The molecule has 190 valence electrons. The molecule has 0 aliphatic carbocycles. The lowest BCUT2D eigenvalue weighted by atomic mass is 9.81. The van der Waals surface area contributed by atoms with Crippen molar-refractivity contribution in [2.24, 2.45) is 5.92 Å². The van der Waals surface area contributed by atoms with Gasteiger partial charge in [0.25, 0.3) is 0 Å². The molecular formula is C29H36N4O3. The van der Waals surface area contributed by atoms with Crippen LogP contribution in [0, 0.1) is 5.92 Å². The number of hydrogen-bond acceptors (Lipinski definition) is 4. The molecule has 2 fully saturated rings. The number of carbonyl (C=O) groups is 2. The van der Waals surface area contributed by atoms with E-state index in [4.69, 9.17) is 4.74 Å². The quantitative estimate of drug-likeness (QED) is 0.504. The number of rotatable bonds is 7. The van der Waals surface area contributed by atoms with E-state index in [0.29, 0.717) is 25.3 Å². The molecule has 0 radical (unpaired) electrons. The zero-order valence-electron chi connectivity index (χ0n) is 21.3. The fraction of sp³-hybridized carbons (Fsp3) is 0.483. The number of nitrogens with zero attached hydrogens (tertiary/aromatic N) is 3. The van der Waals surface area contributed by atoms with E-state index in [1.54, 1.807) is 13.3 Å². The molecule has 2 aliphatic rings. The van der Waals surface area contributed by atoms with Gasteiger partial charge >= 0.3 is 0 Å². The maximum Gasteiger partial charge on any atom is 0.228 e. The molecule has 3 aromatic rings. The molecular weight excluding hydrogens is 452 g/mol. The van der Waals surface area contributed by atoms with Crippen LogP contribution in [0.4, 0.5) is 0 Å². The second kappa shape index (κ2) is 10.7. The summed E-state index contributed by atoms with van der Waals surface area (Å²) in [5, 5.41) is 1.18. The second-order valence-electron chi connectivity index (χ2n) is 10.0. The SMILES string of the molecule is CCCCN1C(=O)CCC(C(=O)N2CCC(c3c[nH]c4ncccc34)CC2)C1c1ccccc1OC. The van der Waals surface area contributed by atoms with Crippen LogP contribution >= 0.6 is 0 Å². The number of para-hydroxylation sites is 1. The van der Waals surface area contributed by atoms with Crippen LogP contribution in [0.5, 0.6) is 5.75 Å². The van der Waals surface area contributed by atoms with Crippen molar-refractivity contribution in [1.29, 1.82) is 0 Å². The summed E-state index contributed by atoms with van der Waals surface area (Å²) >= 11 is 0. The summed E-state index contributed by atoms with van der Waals surface area (Å²) in [6.07, 6.45) is 8.66. The van der Waals surface area contributed by atoms with Gasteiger partial charge in [0, 0.05) is 49.4 Å². The number of pyridine rings is 1. The zero-order valence-corrected chi connectivity index (χ0v) is 21.3. The minimum Gasteiger partial charge on any atom is -0.496 e. The third kappa shape index (κ3) is 4.59. The average molecular weight is 489 g/mol. The number of unbranched alkanes of at least 4 members (excludes halogenated alkanes) is 1. The lowest BCUT2D eigenvalue weighted by Crippen LogP contribution is -2.50. The number of ether oxygens (including phenoxy) is 1. The Hall–Kier alpha value is -3.35. The predicted molar refractivity (Wildman–Crippen MR) is 140 cm³/mol. The first-order valence-corrected chi connectivity index (χ1v) is 13.3. The molecule has 1 N–H and O–H groups in total. The molecule has 2 unspecified atom stereocenters. The van der Waals surface area contributed by atoms with Crippen molar-refractivity contribution in [3.8, 4) is 5.75 Å². The third-order valence-electron chi connectivity index (χ3n) is 7.96. The van der Waals surface area contributed by atoms with Crippen molar-refractivity contribution in [2.75, 3.05) is 26.7 Å². The average Bonchev–Trinajstić information content (AvgIpc) is 3.36. The monoisotopic (exact) mass is 488 g/mol. The minimum absolute atomic E-state index is 0.134. The van der Waals surface area contributed by atoms with Crippen molar-refractivity contribution in [2.45, 2.75) is 57.4 Å². The Morgan fingerprint density at radius 3 is 2.69 bits per heavy atom. The number of H-pyrrole nitrogens is 1. The highest BCUT2D eigenvalue weighted by atomic mass is 16.5. The van der Waals surface area contributed by atoms with E-state index >= 15 is 0 Å². The molecule has 0 spiro atoms. The Morgan fingerprint density at radius 2 is 1.92 bits per heavy atom. The topological polar surface area (TPSA) is 78.5 Å². The van der Waals surface area contributed by atoms with Gasteiger partial charge in [0.05, 0.1) is 19.1 Å². The van der Waals surface area contributed by atoms with Crippen LogP contribution < -0.4 is 4.74 Å². The number of aromatic amines is 1. The maximum absolute atomic E-state index is 14.0. The Bertz CT molecular complexity index is 1210. The predicted octanol–water partition coefficient (Wildman–Crippen LogP) is 5.06. The fourth-order valence-corrected chi connectivity index (χ4v) is 6.06. The van der Waals surface area contributed by atoms with E-state index in [1.807, 2.05) is 40.1 Å². The van der Waals surface area contributed by atoms with Gasteiger partial charge in [-0.1, -0.05) is 31.5 Å². The molecule has 36 heavy (non-hydrogen) atoms. The van der Waals surface area contributed by atoms with Gasteiger partial charge in [-0.25, -0.2) is 4.98 Å². The van der Waals surface area contributed by atoms with Crippen LogP contribution in [-0.4, -0.2) is 58.3 Å². The Labute approximate surface area is 212 Å². The van der Waals surface area contributed by atoms with Crippen LogP contribution in [0.1, 0.15) is 68.5 Å². The Balaban J connectivity index is 1.37. The number of nitrogens with one attached hydrogen (secondary N) is 1. The maximum atomic E-state index is 14.0. The second-order valence-corrected chi connectivity index (χ2v) is 10.0. The van der Waals surface area contributed by atoms with Crippen molar-refractivity contribution >= 4 is 22.8 Å². The summed E-state index contributed by atoms with van der Waals surface area (Å²) in [5.41, 5.74) is 3.15. The summed E-state index contributed by atoms with van der Waals surface area (Å²) in [4.78, 5) is 38.8. The Kier molecular flexibility index (Phi) is 7.25. The van der Waals surface area contributed by atoms with Crippen molar-refractivity contribution in [3.05, 3.63) is 59.9 Å². The first kappa shape index (κ1) is 24.3. The van der Waals surface area contributed by atoms with E-state index in [0.717, 1.165) is 55.7 Å². The van der Waals surface area contributed by atoms with Gasteiger partial charge in [-0.05, 0) is 55.4 Å². The number of aromatic nitrogens is 2. The fourth-order valence-electron chi connectivity index (χ4n) is 6.06. The van der Waals surface area contributed by atoms with E-state index in [2.05, 4.69) is 29.2 Å². The smallest absolute Gasteiger partial charge is 0.228 e. The molecule has 4 heterocycles. The number of benzene rings is 1. The van der Waals surface area contributed by atoms with Gasteiger partial charge in [-0.15, -0.1) is 0 Å². The number of hydrogen-bond donors (Lipinski definition) is 1. The first-order valence-electron chi connectivity index (χ1n) is 13.3. The standard InChI is InChI=1S/C29H36N4O3/c1-3-4-16-33-26(34)12-11-23(27(33)22-8-5-6-10-25(22)36-2)29(35)32-17-13-20(14-18-32)24-19-31-28-21(24)9-7-15-30-28/h5-10,15,19-20,23,27H,3-4,11-14,16-18H2,1-2H3,(H,30,31). The molecule has 2 saturated heterocycles. The highest BCUT2D eigenvalue weighted by molar-refractivity contribution is 5.85. The third-order valence-corrected chi connectivity index (χ3v) is 7.96. The Morgan fingerprint density at radius 1 is 1.11 bits per heavy atom. The largest absolute Gasteiger partial charge is 0.496 e. The van der Waals surface area contributed by atoms with Crippen LogP contribution in [0.3, 0.4) is 0 Å². The van der Waals surface area contributed by atoms with Gasteiger partial charge in [-0.2, -0.15) is 0 Å². The molecule has 2 aliphatic heterocycles. The van der Waals surface area contributed by atoms with Crippen molar-refractivity contribution in [3.63, 3.8) is 0 Å². The molecule has 5 rings (SSSR count). The molecule has 1 aromatic carbocycles. The van der Waals surface area contributed by atoms with Crippen molar-refractivity contribution < 1.29 is 14.3 Å². The molecule has 0 bridgehead atoms. The highest BCUT2D eigenvalue weighted by Gasteiger charge is 2.43.